The van der Waals surface area contributed by atoms with Gasteiger partial charge in [0.2, 0.25) is 0 Å². The van der Waals surface area contributed by atoms with E-state index in [0.29, 0.717) is 17.0 Å². The lowest BCUT2D eigenvalue weighted by Gasteiger charge is -2.44. The van der Waals surface area contributed by atoms with Crippen LogP contribution < -0.4 is 0 Å². The zero-order valence-corrected chi connectivity index (χ0v) is 13.8. The first-order valence-electron chi connectivity index (χ1n) is 7.43. The molecule has 1 aromatic carbocycles. The molecule has 1 amide bonds. The second-order valence-corrected chi connectivity index (χ2v) is 7.17. The molecule has 1 aliphatic heterocycles. The maximum absolute atomic E-state index is 12.8. The first-order valence-corrected chi connectivity index (χ1v) is 8.60. The molecule has 1 heterocycles. The molecule has 1 saturated carbocycles. The van der Waals surface area contributed by atoms with E-state index in [4.69, 9.17) is 11.6 Å². The predicted octanol–water partition coefficient (Wildman–Crippen LogP) is 4.90. The third-order valence-corrected chi connectivity index (χ3v) is 5.56. The van der Waals surface area contributed by atoms with Gasteiger partial charge >= 0.3 is 0 Å². The number of rotatable bonds is 1. The van der Waals surface area contributed by atoms with Crippen LogP contribution in [-0.2, 0) is 0 Å². The minimum atomic E-state index is 0.158. The highest BCUT2D eigenvalue weighted by molar-refractivity contribution is 9.10. The Hall–Kier alpha value is -0.540. The molecule has 2 fully saturated rings. The van der Waals surface area contributed by atoms with Gasteiger partial charge in [0.05, 0.1) is 5.56 Å². The molecule has 4 heteroatoms. The van der Waals surface area contributed by atoms with Crippen LogP contribution in [0.4, 0.5) is 0 Å². The summed E-state index contributed by atoms with van der Waals surface area (Å²) in [4.78, 5) is 15.0. The lowest BCUT2D eigenvalue weighted by atomic mass is 9.78. The van der Waals surface area contributed by atoms with Gasteiger partial charge in [-0.3, -0.25) is 4.79 Å². The number of benzene rings is 1. The van der Waals surface area contributed by atoms with Gasteiger partial charge in [-0.1, -0.05) is 24.4 Å². The van der Waals surface area contributed by atoms with Gasteiger partial charge in [-0.05, 0) is 65.7 Å². The third kappa shape index (κ3) is 2.75. The number of fused-ring (bicyclic) bond motifs is 1. The van der Waals surface area contributed by atoms with Gasteiger partial charge in [-0.15, -0.1) is 0 Å². The fraction of sp³-hybridized carbons (Fsp3) is 0.562. The summed E-state index contributed by atoms with van der Waals surface area (Å²) in [6.45, 7) is 0.898. The molecule has 2 nitrogen and oxygen atoms in total. The third-order valence-electron chi connectivity index (χ3n) is 4.67. The molecule has 1 aromatic rings. The van der Waals surface area contributed by atoms with Gasteiger partial charge in [0, 0.05) is 22.1 Å². The Morgan fingerprint density at radius 1 is 1.20 bits per heavy atom. The molecule has 0 radical (unpaired) electrons. The first-order chi connectivity index (χ1) is 9.66. The van der Waals surface area contributed by atoms with Crippen LogP contribution in [0.1, 0.15) is 48.9 Å². The summed E-state index contributed by atoms with van der Waals surface area (Å²) in [5.41, 5.74) is 0.737. The fourth-order valence-corrected chi connectivity index (χ4v) is 4.55. The summed E-state index contributed by atoms with van der Waals surface area (Å²) in [6, 6.07) is 5.88. The molecule has 0 N–H and O–H groups in total. The largest absolute Gasteiger partial charge is 0.335 e. The summed E-state index contributed by atoms with van der Waals surface area (Å²) in [5.74, 6) is 0.873. The summed E-state index contributed by atoms with van der Waals surface area (Å²) in [7, 11) is 0. The van der Waals surface area contributed by atoms with Crippen molar-refractivity contribution in [2.24, 2.45) is 5.92 Å². The Bertz CT molecular complexity index is 517. The van der Waals surface area contributed by atoms with Crippen molar-refractivity contribution >= 4 is 33.4 Å². The van der Waals surface area contributed by atoms with E-state index >= 15 is 0 Å². The number of halogens is 2. The topological polar surface area (TPSA) is 20.3 Å². The van der Waals surface area contributed by atoms with Gasteiger partial charge in [-0.2, -0.15) is 0 Å². The van der Waals surface area contributed by atoms with Crippen LogP contribution in [0.25, 0.3) is 0 Å². The average molecular weight is 357 g/mol. The van der Waals surface area contributed by atoms with Crippen molar-refractivity contribution in [3.63, 3.8) is 0 Å². The molecule has 108 valence electrons. The Balaban J connectivity index is 1.85. The van der Waals surface area contributed by atoms with Crippen LogP contribution in [0.3, 0.4) is 0 Å². The minimum absolute atomic E-state index is 0.158. The van der Waals surface area contributed by atoms with Crippen LogP contribution in [-0.4, -0.2) is 23.4 Å². The number of hydrogen-bond acceptors (Lipinski definition) is 1. The van der Waals surface area contributed by atoms with Gasteiger partial charge in [0.1, 0.15) is 0 Å². The molecule has 2 atom stereocenters. The molecule has 2 aliphatic rings. The maximum Gasteiger partial charge on any atom is 0.255 e. The van der Waals surface area contributed by atoms with E-state index in [1.54, 1.807) is 12.1 Å². The van der Waals surface area contributed by atoms with Gasteiger partial charge in [0.15, 0.2) is 0 Å². The normalized spacial score (nSPS) is 26.2. The van der Waals surface area contributed by atoms with Crippen LogP contribution in [0.2, 0.25) is 5.02 Å². The van der Waals surface area contributed by atoms with Crippen molar-refractivity contribution in [1.82, 2.24) is 4.90 Å². The number of amides is 1. The lowest BCUT2D eigenvalue weighted by molar-refractivity contribution is 0.0390. The molecule has 0 unspecified atom stereocenters. The molecule has 0 spiro atoms. The van der Waals surface area contributed by atoms with Crippen LogP contribution in [0.15, 0.2) is 22.7 Å². The second-order valence-electron chi connectivity index (χ2n) is 5.88. The Morgan fingerprint density at radius 2 is 1.95 bits per heavy atom. The first kappa shape index (κ1) is 14.4. The van der Waals surface area contributed by atoms with Gasteiger partial charge < -0.3 is 4.90 Å². The van der Waals surface area contributed by atoms with E-state index in [1.165, 1.54) is 32.1 Å². The summed E-state index contributed by atoms with van der Waals surface area (Å²) >= 11 is 9.43. The highest BCUT2D eigenvalue weighted by atomic mass is 79.9. The van der Waals surface area contributed by atoms with Crippen molar-refractivity contribution in [1.29, 1.82) is 0 Å². The van der Waals surface area contributed by atoms with E-state index < -0.39 is 0 Å². The SMILES string of the molecule is O=C(c1ccc(Cl)cc1Br)N1CCC[C@H]2CCCC[C@H]21. The summed E-state index contributed by atoms with van der Waals surface area (Å²) < 4.78 is 0.799. The van der Waals surface area contributed by atoms with Crippen molar-refractivity contribution in [2.45, 2.75) is 44.6 Å². The fourth-order valence-electron chi connectivity index (χ4n) is 3.69. The second kappa shape index (κ2) is 6.07. The molecular weight excluding hydrogens is 338 g/mol. The van der Waals surface area contributed by atoms with E-state index in [0.717, 1.165) is 23.0 Å². The molecule has 0 aromatic heterocycles. The van der Waals surface area contributed by atoms with Crippen molar-refractivity contribution in [2.75, 3.05) is 6.54 Å². The monoisotopic (exact) mass is 355 g/mol. The number of likely N-dealkylation sites (tertiary alicyclic amines) is 1. The lowest BCUT2D eigenvalue weighted by Crippen LogP contribution is -2.49. The van der Waals surface area contributed by atoms with Gasteiger partial charge in [0.25, 0.3) is 5.91 Å². The molecule has 20 heavy (non-hydrogen) atoms. The molecule has 1 aliphatic carbocycles. The number of carbonyl (C=O) groups excluding carboxylic acids is 1. The minimum Gasteiger partial charge on any atom is -0.335 e. The van der Waals surface area contributed by atoms with Crippen molar-refractivity contribution < 1.29 is 4.79 Å². The van der Waals surface area contributed by atoms with Crippen LogP contribution in [0.5, 0.6) is 0 Å². The molecule has 1 saturated heterocycles. The van der Waals surface area contributed by atoms with Crippen molar-refractivity contribution in [3.8, 4) is 0 Å². The van der Waals surface area contributed by atoms with E-state index in [1.807, 2.05) is 6.07 Å². The van der Waals surface area contributed by atoms with Crippen LogP contribution >= 0.6 is 27.5 Å². The standard InChI is InChI=1S/C16H19BrClNO/c17-14-10-12(18)7-8-13(14)16(20)19-9-3-5-11-4-1-2-6-15(11)19/h7-8,10-11,15H,1-6,9H2/t11-,15-/m1/s1. The Labute approximate surface area is 133 Å². The number of carbonyl (C=O) groups is 1. The Kier molecular flexibility index (Phi) is 4.37. The van der Waals surface area contributed by atoms with Gasteiger partial charge in [-0.25, -0.2) is 0 Å². The highest BCUT2D eigenvalue weighted by Crippen LogP contribution is 2.36. The summed E-state index contributed by atoms with van der Waals surface area (Å²) in [6.07, 6.45) is 7.47. The van der Waals surface area contributed by atoms with E-state index in [-0.39, 0.29) is 5.91 Å². The zero-order chi connectivity index (χ0) is 14.1. The van der Waals surface area contributed by atoms with E-state index in [2.05, 4.69) is 20.8 Å². The number of hydrogen-bond donors (Lipinski definition) is 0. The average Bonchev–Trinajstić information content (AvgIpc) is 2.46. The smallest absolute Gasteiger partial charge is 0.255 e. The Morgan fingerprint density at radius 3 is 2.75 bits per heavy atom. The number of piperidine rings is 1. The van der Waals surface area contributed by atoms with Crippen LogP contribution in [0, 0.1) is 5.92 Å². The molecule has 3 rings (SSSR count). The molecule has 0 bridgehead atoms. The maximum atomic E-state index is 12.8. The van der Waals surface area contributed by atoms with E-state index in [9.17, 15) is 4.79 Å². The quantitative estimate of drug-likeness (QED) is 0.701. The zero-order valence-electron chi connectivity index (χ0n) is 11.4. The predicted molar refractivity (Wildman–Crippen MR) is 85.2 cm³/mol. The highest BCUT2D eigenvalue weighted by Gasteiger charge is 2.36. The molecular formula is C16H19BrClNO. The number of nitrogens with zero attached hydrogens (tertiary/aromatic N) is 1. The summed E-state index contributed by atoms with van der Waals surface area (Å²) in [5, 5.41) is 0.655. The van der Waals surface area contributed by atoms with Crippen molar-refractivity contribution in [3.05, 3.63) is 33.3 Å².